The smallest absolute Gasteiger partial charge is 0.316 e. The van der Waals surface area contributed by atoms with Crippen LogP contribution >= 0.6 is 15.9 Å². The lowest BCUT2D eigenvalue weighted by Crippen LogP contribution is -2.27. The average molecular weight is 371 g/mol. The highest BCUT2D eigenvalue weighted by Gasteiger charge is 2.34. The number of Topliss-reactive ketones (excluding diaryl/α,β-unsaturated/α-hetero) is 1. The molecule has 0 spiro atoms. The Balaban J connectivity index is 3.39. The van der Waals surface area contributed by atoms with E-state index in [9.17, 15) is 27.2 Å². The van der Waals surface area contributed by atoms with E-state index in [1.165, 1.54) is 13.8 Å². The molecule has 0 saturated heterocycles. The van der Waals surface area contributed by atoms with Crippen LogP contribution in [0, 0.1) is 29.2 Å². The normalized spacial score (nSPS) is 12.1. The molecule has 116 valence electrons. The van der Waals surface area contributed by atoms with Crippen LogP contribution in [0.2, 0.25) is 0 Å². The fraction of sp³-hybridized carbons (Fsp3) is 0.385. The molecule has 1 rings (SSSR count). The average Bonchev–Trinajstić information content (AvgIpc) is 2.44. The van der Waals surface area contributed by atoms with Crippen LogP contribution in [0.5, 0.6) is 0 Å². The lowest BCUT2D eigenvalue weighted by molar-refractivity contribution is -0.146. The highest BCUT2D eigenvalue weighted by Crippen LogP contribution is 2.31. The number of hydrogen-bond acceptors (Lipinski definition) is 3. The van der Waals surface area contributed by atoms with Crippen LogP contribution in [0.3, 0.4) is 0 Å². The molecule has 0 aliphatic carbocycles. The van der Waals surface area contributed by atoms with E-state index in [4.69, 9.17) is 0 Å². The predicted molar refractivity (Wildman–Crippen MR) is 68.7 cm³/mol. The molecule has 0 fully saturated rings. The van der Waals surface area contributed by atoms with Crippen molar-refractivity contribution in [2.75, 3.05) is 6.61 Å². The van der Waals surface area contributed by atoms with Crippen molar-refractivity contribution in [3.8, 4) is 0 Å². The van der Waals surface area contributed by atoms with Crippen LogP contribution < -0.4 is 0 Å². The minimum Gasteiger partial charge on any atom is -0.465 e. The number of benzene rings is 1. The van der Waals surface area contributed by atoms with Gasteiger partial charge in [-0.3, -0.25) is 9.59 Å². The summed E-state index contributed by atoms with van der Waals surface area (Å²) in [7, 11) is 0. The second-order valence-electron chi connectivity index (χ2n) is 4.02. The third-order valence-electron chi connectivity index (χ3n) is 2.75. The van der Waals surface area contributed by atoms with Gasteiger partial charge in [0.2, 0.25) is 0 Å². The molecule has 0 saturated carbocycles. The van der Waals surface area contributed by atoms with E-state index in [1.54, 1.807) is 0 Å². The molecule has 0 amide bonds. The van der Waals surface area contributed by atoms with Crippen LogP contribution in [-0.2, 0) is 9.53 Å². The number of halogens is 5. The quantitative estimate of drug-likeness (QED) is 0.198. The summed E-state index contributed by atoms with van der Waals surface area (Å²) in [6.45, 7) is 2.93. The Bertz CT molecular complexity index is 560. The standard InChI is InChI=1S/C13H11BrF4O3/c1-3-5(13(20)21-4-2)12(19)6-7(14)9(16)11(18)10(17)8(6)15/h5H,3-4H2,1-2H3. The first-order valence-electron chi connectivity index (χ1n) is 6.00. The zero-order chi connectivity index (χ0) is 16.3. The number of esters is 1. The fourth-order valence-corrected chi connectivity index (χ4v) is 2.24. The van der Waals surface area contributed by atoms with Gasteiger partial charge in [-0.05, 0) is 29.3 Å². The number of carbonyl (C=O) groups excluding carboxylic acids is 2. The number of ketones is 1. The van der Waals surface area contributed by atoms with E-state index in [0.717, 1.165) is 0 Å². The SMILES string of the molecule is CCOC(=O)C(CC)C(=O)c1c(F)c(F)c(F)c(F)c1Br. The summed E-state index contributed by atoms with van der Waals surface area (Å²) in [4.78, 5) is 23.7. The van der Waals surface area contributed by atoms with E-state index in [0.29, 0.717) is 0 Å². The number of carbonyl (C=O) groups is 2. The highest BCUT2D eigenvalue weighted by molar-refractivity contribution is 9.10. The molecule has 21 heavy (non-hydrogen) atoms. The van der Waals surface area contributed by atoms with E-state index in [2.05, 4.69) is 20.7 Å². The van der Waals surface area contributed by atoms with Crippen molar-refractivity contribution < 1.29 is 31.9 Å². The number of rotatable bonds is 5. The molecule has 0 aromatic heterocycles. The van der Waals surface area contributed by atoms with Gasteiger partial charge in [0, 0.05) is 0 Å². The molecule has 0 N–H and O–H groups in total. The third-order valence-corrected chi connectivity index (χ3v) is 3.50. The summed E-state index contributed by atoms with van der Waals surface area (Å²) in [5.41, 5.74) is -1.05. The minimum atomic E-state index is -2.11. The Hall–Kier alpha value is -1.44. The van der Waals surface area contributed by atoms with Crippen LogP contribution in [0.1, 0.15) is 30.6 Å². The Morgan fingerprint density at radius 3 is 2.05 bits per heavy atom. The Morgan fingerprint density at radius 1 is 1.05 bits per heavy atom. The summed E-state index contributed by atoms with van der Waals surface area (Å²) in [5, 5.41) is 0. The van der Waals surface area contributed by atoms with Gasteiger partial charge in [0.15, 0.2) is 29.1 Å². The topological polar surface area (TPSA) is 43.4 Å². The number of hydrogen-bond donors (Lipinski definition) is 0. The molecule has 8 heteroatoms. The van der Waals surface area contributed by atoms with Gasteiger partial charge in [0.1, 0.15) is 5.92 Å². The first-order chi connectivity index (χ1) is 9.77. The van der Waals surface area contributed by atoms with E-state index in [-0.39, 0.29) is 13.0 Å². The Labute approximate surface area is 126 Å². The van der Waals surface area contributed by atoms with E-state index >= 15 is 0 Å². The van der Waals surface area contributed by atoms with E-state index in [1.807, 2.05) is 0 Å². The Morgan fingerprint density at radius 2 is 1.57 bits per heavy atom. The minimum absolute atomic E-state index is 0.0155. The molecule has 0 aliphatic rings. The Kier molecular flexibility index (Phi) is 5.88. The van der Waals surface area contributed by atoms with Crippen molar-refractivity contribution in [3.63, 3.8) is 0 Å². The fourth-order valence-electron chi connectivity index (χ4n) is 1.70. The molecule has 0 bridgehead atoms. The van der Waals surface area contributed by atoms with Crippen LogP contribution in [-0.4, -0.2) is 18.4 Å². The molecule has 3 nitrogen and oxygen atoms in total. The molecule has 0 radical (unpaired) electrons. The molecule has 0 aliphatic heterocycles. The molecule has 1 unspecified atom stereocenters. The summed E-state index contributed by atoms with van der Waals surface area (Å²) in [6, 6.07) is 0. The maximum atomic E-state index is 13.7. The lowest BCUT2D eigenvalue weighted by atomic mass is 9.94. The van der Waals surface area contributed by atoms with Crippen molar-refractivity contribution in [1.29, 1.82) is 0 Å². The van der Waals surface area contributed by atoms with Crippen molar-refractivity contribution in [3.05, 3.63) is 33.3 Å². The zero-order valence-electron chi connectivity index (χ0n) is 11.1. The first kappa shape index (κ1) is 17.6. The zero-order valence-corrected chi connectivity index (χ0v) is 12.7. The van der Waals surface area contributed by atoms with Gasteiger partial charge < -0.3 is 4.74 Å². The van der Waals surface area contributed by atoms with Gasteiger partial charge >= 0.3 is 5.97 Å². The largest absolute Gasteiger partial charge is 0.465 e. The van der Waals surface area contributed by atoms with Crippen molar-refractivity contribution in [1.82, 2.24) is 0 Å². The first-order valence-corrected chi connectivity index (χ1v) is 6.79. The third kappa shape index (κ3) is 3.25. The molecular formula is C13H11BrF4O3. The van der Waals surface area contributed by atoms with Crippen molar-refractivity contribution in [2.24, 2.45) is 5.92 Å². The second-order valence-corrected chi connectivity index (χ2v) is 4.82. The lowest BCUT2D eigenvalue weighted by Gasteiger charge is -2.15. The summed E-state index contributed by atoms with van der Waals surface area (Å²) >= 11 is 2.51. The molecule has 1 aromatic rings. The van der Waals surface area contributed by atoms with Gasteiger partial charge in [-0.25, -0.2) is 17.6 Å². The molecule has 1 aromatic carbocycles. The van der Waals surface area contributed by atoms with Gasteiger partial charge in [0.05, 0.1) is 16.6 Å². The van der Waals surface area contributed by atoms with Crippen LogP contribution in [0.4, 0.5) is 17.6 Å². The monoisotopic (exact) mass is 370 g/mol. The van der Waals surface area contributed by atoms with Gasteiger partial charge in [-0.1, -0.05) is 6.92 Å². The van der Waals surface area contributed by atoms with Crippen LogP contribution in [0.15, 0.2) is 4.47 Å². The molecule has 0 heterocycles. The maximum Gasteiger partial charge on any atom is 0.316 e. The summed E-state index contributed by atoms with van der Waals surface area (Å²) in [6.07, 6.45) is -0.0653. The van der Waals surface area contributed by atoms with Gasteiger partial charge in [-0.15, -0.1) is 0 Å². The second kappa shape index (κ2) is 7.02. The van der Waals surface area contributed by atoms with Crippen LogP contribution in [0.25, 0.3) is 0 Å². The van der Waals surface area contributed by atoms with E-state index < -0.39 is 51.0 Å². The summed E-state index contributed by atoms with van der Waals surface area (Å²) < 4.78 is 57.2. The van der Waals surface area contributed by atoms with Gasteiger partial charge in [-0.2, -0.15) is 0 Å². The highest BCUT2D eigenvalue weighted by atomic mass is 79.9. The summed E-state index contributed by atoms with van der Waals surface area (Å²) in [5.74, 6) is -11.3. The van der Waals surface area contributed by atoms with Gasteiger partial charge in [0.25, 0.3) is 0 Å². The van der Waals surface area contributed by atoms with Crippen molar-refractivity contribution >= 4 is 27.7 Å². The molecular weight excluding hydrogens is 360 g/mol. The van der Waals surface area contributed by atoms with Crippen molar-refractivity contribution in [2.45, 2.75) is 20.3 Å². The number of ether oxygens (including phenoxy) is 1. The maximum absolute atomic E-state index is 13.7. The molecule has 1 atom stereocenters. The predicted octanol–water partition coefficient (Wildman–Crippen LogP) is 3.78.